The van der Waals surface area contributed by atoms with Crippen molar-refractivity contribution in [2.24, 2.45) is 5.41 Å². The van der Waals surface area contributed by atoms with Crippen LogP contribution in [0.2, 0.25) is 0 Å². The molecule has 2 aliphatic heterocycles. The SMILES string of the molecule is CC1NCCCC1N1C(=O)CC2(CCCCCC2)C1=O. The molecule has 0 bridgehead atoms. The van der Waals surface area contributed by atoms with E-state index in [9.17, 15) is 9.59 Å². The van der Waals surface area contributed by atoms with Crippen LogP contribution in [0.3, 0.4) is 0 Å². The van der Waals surface area contributed by atoms with Gasteiger partial charge in [0, 0.05) is 12.5 Å². The van der Waals surface area contributed by atoms with Gasteiger partial charge < -0.3 is 5.32 Å². The first-order valence-corrected chi connectivity index (χ1v) is 8.24. The molecule has 1 aliphatic carbocycles. The minimum Gasteiger partial charge on any atom is -0.312 e. The molecule has 1 N–H and O–H groups in total. The maximum atomic E-state index is 13.0. The van der Waals surface area contributed by atoms with Gasteiger partial charge in [0.2, 0.25) is 11.8 Å². The Balaban J connectivity index is 1.82. The third kappa shape index (κ3) is 2.28. The largest absolute Gasteiger partial charge is 0.312 e. The van der Waals surface area contributed by atoms with Gasteiger partial charge in [0.25, 0.3) is 0 Å². The van der Waals surface area contributed by atoms with E-state index < -0.39 is 0 Å². The molecule has 3 aliphatic rings. The first kappa shape index (κ1) is 14.1. The van der Waals surface area contributed by atoms with E-state index in [1.165, 1.54) is 12.8 Å². The molecule has 1 saturated carbocycles. The van der Waals surface area contributed by atoms with Crippen molar-refractivity contribution in [1.29, 1.82) is 0 Å². The van der Waals surface area contributed by atoms with E-state index in [2.05, 4.69) is 12.2 Å². The van der Waals surface area contributed by atoms with E-state index in [1.807, 2.05) is 0 Å². The molecular weight excluding hydrogens is 252 g/mol. The predicted molar refractivity (Wildman–Crippen MR) is 77.1 cm³/mol. The molecular formula is C16H26N2O2. The van der Waals surface area contributed by atoms with Crippen LogP contribution in [0.15, 0.2) is 0 Å². The molecule has 112 valence electrons. The van der Waals surface area contributed by atoms with E-state index in [0.717, 1.165) is 45.1 Å². The van der Waals surface area contributed by atoms with Crippen molar-refractivity contribution in [3.63, 3.8) is 0 Å². The minimum absolute atomic E-state index is 0.0754. The standard InChI is InChI=1S/C16H26N2O2/c1-12-13(7-6-10-17-12)18-14(19)11-16(15(18)20)8-4-2-3-5-9-16/h12-13,17H,2-11H2,1H3. The predicted octanol–water partition coefficient (Wildman–Crippen LogP) is 2.23. The number of imide groups is 1. The van der Waals surface area contributed by atoms with Gasteiger partial charge in [0.1, 0.15) is 0 Å². The van der Waals surface area contributed by atoms with E-state index in [1.54, 1.807) is 4.90 Å². The van der Waals surface area contributed by atoms with Gasteiger partial charge in [-0.05, 0) is 39.2 Å². The van der Waals surface area contributed by atoms with Crippen LogP contribution in [0.25, 0.3) is 0 Å². The Morgan fingerprint density at radius 3 is 2.45 bits per heavy atom. The molecule has 3 fully saturated rings. The topological polar surface area (TPSA) is 49.4 Å². The number of piperidine rings is 1. The average Bonchev–Trinajstić information content (AvgIpc) is 2.60. The van der Waals surface area contributed by atoms with E-state index in [-0.39, 0.29) is 29.3 Å². The molecule has 1 spiro atoms. The molecule has 0 radical (unpaired) electrons. The molecule has 2 saturated heterocycles. The minimum atomic E-state index is -0.343. The number of nitrogens with one attached hydrogen (secondary N) is 1. The number of carbonyl (C=O) groups is 2. The Kier molecular flexibility index (Phi) is 3.85. The summed E-state index contributed by atoms with van der Waals surface area (Å²) in [5.41, 5.74) is -0.343. The molecule has 2 heterocycles. The lowest BCUT2D eigenvalue weighted by atomic mass is 9.79. The Morgan fingerprint density at radius 2 is 1.80 bits per heavy atom. The molecule has 4 nitrogen and oxygen atoms in total. The van der Waals surface area contributed by atoms with Gasteiger partial charge in [-0.15, -0.1) is 0 Å². The van der Waals surface area contributed by atoms with Gasteiger partial charge in [-0.3, -0.25) is 14.5 Å². The van der Waals surface area contributed by atoms with Crippen molar-refractivity contribution in [2.75, 3.05) is 6.54 Å². The van der Waals surface area contributed by atoms with Crippen LogP contribution in [0.5, 0.6) is 0 Å². The van der Waals surface area contributed by atoms with Gasteiger partial charge in [-0.1, -0.05) is 25.7 Å². The Morgan fingerprint density at radius 1 is 1.10 bits per heavy atom. The Labute approximate surface area is 121 Å². The number of hydrogen-bond donors (Lipinski definition) is 1. The van der Waals surface area contributed by atoms with Crippen LogP contribution in [0.4, 0.5) is 0 Å². The lowest BCUT2D eigenvalue weighted by molar-refractivity contribution is -0.145. The zero-order chi connectivity index (χ0) is 14.2. The summed E-state index contributed by atoms with van der Waals surface area (Å²) in [5, 5.41) is 3.41. The number of carbonyl (C=O) groups excluding carboxylic acids is 2. The monoisotopic (exact) mass is 278 g/mol. The van der Waals surface area contributed by atoms with Gasteiger partial charge in [0.05, 0.1) is 11.5 Å². The summed E-state index contributed by atoms with van der Waals surface area (Å²) >= 11 is 0. The van der Waals surface area contributed by atoms with E-state index in [4.69, 9.17) is 0 Å². The molecule has 0 aromatic heterocycles. The Bertz CT molecular complexity index is 399. The number of nitrogens with zero attached hydrogens (tertiary/aromatic N) is 1. The summed E-state index contributed by atoms with van der Waals surface area (Å²) in [6.07, 6.45) is 8.95. The second-order valence-electron chi connectivity index (χ2n) is 6.89. The highest BCUT2D eigenvalue weighted by molar-refractivity contribution is 6.06. The molecule has 3 rings (SSSR count). The highest BCUT2D eigenvalue weighted by Gasteiger charge is 2.53. The first-order valence-electron chi connectivity index (χ1n) is 8.24. The number of likely N-dealkylation sites (tertiary alicyclic amines) is 1. The van der Waals surface area contributed by atoms with Crippen molar-refractivity contribution in [3.05, 3.63) is 0 Å². The maximum Gasteiger partial charge on any atom is 0.236 e. The fraction of sp³-hybridized carbons (Fsp3) is 0.875. The highest BCUT2D eigenvalue weighted by Crippen LogP contribution is 2.45. The van der Waals surface area contributed by atoms with Crippen molar-refractivity contribution in [2.45, 2.75) is 76.8 Å². The van der Waals surface area contributed by atoms with Gasteiger partial charge in [-0.2, -0.15) is 0 Å². The van der Waals surface area contributed by atoms with Gasteiger partial charge >= 0.3 is 0 Å². The Hall–Kier alpha value is -0.900. The van der Waals surface area contributed by atoms with Crippen LogP contribution < -0.4 is 5.32 Å². The van der Waals surface area contributed by atoms with Gasteiger partial charge in [0.15, 0.2) is 0 Å². The first-order chi connectivity index (χ1) is 9.64. The smallest absolute Gasteiger partial charge is 0.236 e. The summed E-state index contributed by atoms with van der Waals surface area (Å²) in [6, 6.07) is 0.309. The van der Waals surface area contributed by atoms with Crippen molar-refractivity contribution >= 4 is 11.8 Å². The van der Waals surface area contributed by atoms with Crippen LogP contribution in [0.1, 0.15) is 64.7 Å². The summed E-state index contributed by atoms with van der Waals surface area (Å²) in [7, 11) is 0. The lowest BCUT2D eigenvalue weighted by Crippen LogP contribution is -2.54. The number of amides is 2. The molecule has 0 aromatic rings. The molecule has 2 atom stereocenters. The zero-order valence-corrected chi connectivity index (χ0v) is 12.5. The van der Waals surface area contributed by atoms with Crippen LogP contribution in [-0.2, 0) is 9.59 Å². The van der Waals surface area contributed by atoms with Crippen molar-refractivity contribution < 1.29 is 9.59 Å². The molecule has 20 heavy (non-hydrogen) atoms. The van der Waals surface area contributed by atoms with Crippen LogP contribution in [0, 0.1) is 5.41 Å². The number of hydrogen-bond acceptors (Lipinski definition) is 3. The molecule has 4 heteroatoms. The molecule has 0 aromatic carbocycles. The average molecular weight is 278 g/mol. The highest BCUT2D eigenvalue weighted by atomic mass is 16.2. The molecule has 2 unspecified atom stereocenters. The van der Waals surface area contributed by atoms with E-state index in [0.29, 0.717) is 6.42 Å². The third-order valence-electron chi connectivity index (χ3n) is 5.54. The zero-order valence-electron chi connectivity index (χ0n) is 12.5. The third-order valence-corrected chi connectivity index (χ3v) is 5.54. The second-order valence-corrected chi connectivity index (χ2v) is 6.89. The summed E-state index contributed by atoms with van der Waals surface area (Å²) in [6.45, 7) is 3.10. The maximum absolute atomic E-state index is 13.0. The fourth-order valence-corrected chi connectivity index (χ4v) is 4.33. The lowest BCUT2D eigenvalue weighted by Gasteiger charge is -2.37. The normalized spacial score (nSPS) is 34.5. The summed E-state index contributed by atoms with van der Waals surface area (Å²) in [5.74, 6) is 0.224. The van der Waals surface area contributed by atoms with E-state index >= 15 is 0 Å². The quantitative estimate of drug-likeness (QED) is 0.748. The summed E-state index contributed by atoms with van der Waals surface area (Å²) in [4.78, 5) is 27.1. The second kappa shape index (κ2) is 5.47. The molecule has 2 amide bonds. The fourth-order valence-electron chi connectivity index (χ4n) is 4.33. The van der Waals surface area contributed by atoms with Crippen molar-refractivity contribution in [3.8, 4) is 0 Å². The van der Waals surface area contributed by atoms with Gasteiger partial charge in [-0.25, -0.2) is 0 Å². The summed E-state index contributed by atoms with van der Waals surface area (Å²) < 4.78 is 0. The number of rotatable bonds is 1. The van der Waals surface area contributed by atoms with Crippen molar-refractivity contribution in [1.82, 2.24) is 10.2 Å². The van der Waals surface area contributed by atoms with Crippen LogP contribution >= 0.6 is 0 Å². The van der Waals surface area contributed by atoms with Crippen LogP contribution in [-0.4, -0.2) is 35.3 Å².